The highest BCUT2D eigenvalue weighted by Gasteiger charge is 2.10. The van der Waals surface area contributed by atoms with Crippen LogP contribution in [0.2, 0.25) is 0 Å². The minimum Gasteiger partial charge on any atom is -0.423 e. The van der Waals surface area contributed by atoms with Gasteiger partial charge in [-0.1, -0.05) is 30.3 Å². The van der Waals surface area contributed by atoms with Crippen LogP contribution in [0.5, 0.6) is 0 Å². The fourth-order valence-corrected chi connectivity index (χ4v) is 3.43. The van der Waals surface area contributed by atoms with Crippen molar-refractivity contribution in [3.8, 4) is 11.1 Å². The lowest BCUT2D eigenvalue weighted by Gasteiger charge is -2.02. The zero-order valence-corrected chi connectivity index (χ0v) is 22.5. The second kappa shape index (κ2) is 14.0. The number of halogens is 7. The molecule has 2 N–H and O–H groups in total. The van der Waals surface area contributed by atoms with Gasteiger partial charge in [0.2, 0.25) is 0 Å². The molecule has 0 aliphatic heterocycles. The summed E-state index contributed by atoms with van der Waals surface area (Å²) in [5, 5.41) is 17.1. The summed E-state index contributed by atoms with van der Waals surface area (Å²) in [4.78, 5) is 0. The van der Waals surface area contributed by atoms with Crippen molar-refractivity contribution < 1.29 is 27.6 Å². The van der Waals surface area contributed by atoms with Gasteiger partial charge in [-0.2, -0.15) is 0 Å². The molecule has 0 aliphatic rings. The van der Waals surface area contributed by atoms with Crippen molar-refractivity contribution in [2.75, 3.05) is 0 Å². The van der Waals surface area contributed by atoms with Crippen LogP contribution in [0.4, 0.5) is 17.6 Å². The van der Waals surface area contributed by atoms with E-state index in [2.05, 4.69) is 54.5 Å². The van der Waals surface area contributed by atoms with Crippen molar-refractivity contribution in [2.45, 2.75) is 0 Å². The van der Waals surface area contributed by atoms with Crippen molar-refractivity contribution in [2.24, 2.45) is 0 Å². The summed E-state index contributed by atoms with van der Waals surface area (Å²) in [6, 6.07) is 21.0. The van der Waals surface area contributed by atoms with Gasteiger partial charge in [0.05, 0.1) is 8.95 Å². The molecule has 0 amide bonds. The zero-order chi connectivity index (χ0) is 25.3. The molecule has 0 atom stereocenters. The van der Waals surface area contributed by atoms with Gasteiger partial charge < -0.3 is 10.0 Å². The maximum atomic E-state index is 13.2. The standard InChI is InChI=1S/C12H7BrF2.C6H6BFO2.C6H3BrFI/c13-11-5-4-9(7-12(11)15)8-2-1-3-10(14)6-8;8-6-3-1-2-5(4-6)7(9)10;7-5-2-1-4(9)3-6(5)8/h1-7H;1-4,9-10H;1-3H. The first-order valence-electron chi connectivity index (χ1n) is 9.50. The SMILES string of the molecule is Fc1cc(I)ccc1Br.Fc1cccc(-c2ccc(Br)c(F)c2)c1.OB(O)c1cccc(F)c1. The smallest absolute Gasteiger partial charge is 0.423 e. The highest BCUT2D eigenvalue weighted by Crippen LogP contribution is 2.24. The molecule has 34 heavy (non-hydrogen) atoms. The van der Waals surface area contributed by atoms with Gasteiger partial charge in [0.25, 0.3) is 0 Å². The average Bonchev–Trinajstić information content (AvgIpc) is 2.79. The molecule has 0 unspecified atom stereocenters. The second-order valence-corrected chi connectivity index (χ2v) is 9.58. The highest BCUT2D eigenvalue weighted by atomic mass is 127. The summed E-state index contributed by atoms with van der Waals surface area (Å²) in [7, 11) is -1.59. The maximum Gasteiger partial charge on any atom is 0.488 e. The van der Waals surface area contributed by atoms with E-state index in [1.54, 1.807) is 30.3 Å². The largest absolute Gasteiger partial charge is 0.488 e. The van der Waals surface area contributed by atoms with Gasteiger partial charge in [0.15, 0.2) is 0 Å². The fourth-order valence-electron chi connectivity index (χ4n) is 2.48. The summed E-state index contributed by atoms with van der Waals surface area (Å²) in [6.45, 7) is 0. The fraction of sp³-hybridized carbons (Fsp3) is 0. The molecule has 0 aromatic heterocycles. The van der Waals surface area contributed by atoms with E-state index in [4.69, 9.17) is 10.0 Å². The van der Waals surface area contributed by atoms with Gasteiger partial charge >= 0.3 is 7.12 Å². The molecule has 0 bridgehead atoms. The van der Waals surface area contributed by atoms with Crippen LogP contribution in [0.3, 0.4) is 0 Å². The zero-order valence-electron chi connectivity index (χ0n) is 17.2. The number of hydrogen-bond acceptors (Lipinski definition) is 2. The Balaban J connectivity index is 0.000000189. The van der Waals surface area contributed by atoms with Crippen LogP contribution in [0.1, 0.15) is 0 Å². The summed E-state index contributed by atoms with van der Waals surface area (Å²) < 4.78 is 52.8. The first kappa shape index (κ1) is 28.5. The van der Waals surface area contributed by atoms with E-state index < -0.39 is 12.9 Å². The van der Waals surface area contributed by atoms with E-state index >= 15 is 0 Å². The Kier molecular flexibility index (Phi) is 11.7. The summed E-state index contributed by atoms with van der Waals surface area (Å²) in [5.41, 5.74) is 1.50. The molecule has 176 valence electrons. The van der Waals surface area contributed by atoms with Crippen LogP contribution >= 0.6 is 54.5 Å². The van der Waals surface area contributed by atoms with Crippen molar-refractivity contribution in [1.82, 2.24) is 0 Å². The molecule has 4 aromatic rings. The van der Waals surface area contributed by atoms with Crippen molar-refractivity contribution in [3.05, 3.63) is 121 Å². The van der Waals surface area contributed by atoms with Gasteiger partial charge in [-0.05, 0) is 126 Å². The van der Waals surface area contributed by atoms with Crippen LogP contribution in [-0.2, 0) is 0 Å². The first-order chi connectivity index (χ1) is 16.1. The Labute approximate surface area is 225 Å². The third-order valence-electron chi connectivity index (χ3n) is 4.11. The molecular weight excluding hydrogens is 694 g/mol. The maximum absolute atomic E-state index is 13.2. The predicted octanol–water partition coefficient (Wildman–Crippen LogP) is 7.09. The van der Waals surface area contributed by atoms with E-state index in [-0.39, 0.29) is 22.9 Å². The molecule has 4 rings (SSSR count). The normalized spacial score (nSPS) is 9.91. The molecule has 0 saturated heterocycles. The number of hydrogen-bond donors (Lipinski definition) is 2. The Morgan fingerprint density at radius 3 is 1.62 bits per heavy atom. The lowest BCUT2D eigenvalue weighted by atomic mass is 9.80. The van der Waals surface area contributed by atoms with Crippen molar-refractivity contribution in [1.29, 1.82) is 0 Å². The summed E-state index contributed by atoms with van der Waals surface area (Å²) in [5.74, 6) is -1.35. The Morgan fingerprint density at radius 1 is 0.618 bits per heavy atom. The van der Waals surface area contributed by atoms with Gasteiger partial charge in [0.1, 0.15) is 23.3 Å². The molecule has 0 aliphatic carbocycles. The molecule has 2 nitrogen and oxygen atoms in total. The van der Waals surface area contributed by atoms with Crippen LogP contribution in [-0.4, -0.2) is 17.2 Å². The van der Waals surface area contributed by atoms with Crippen LogP contribution < -0.4 is 5.46 Å². The van der Waals surface area contributed by atoms with Crippen LogP contribution in [0, 0.1) is 26.8 Å². The Hall–Kier alpha value is -1.73. The molecule has 0 fully saturated rings. The Bertz CT molecular complexity index is 1250. The summed E-state index contributed by atoms with van der Waals surface area (Å²) >= 11 is 8.18. The van der Waals surface area contributed by atoms with E-state index in [9.17, 15) is 17.6 Å². The van der Waals surface area contributed by atoms with Gasteiger partial charge in [-0.3, -0.25) is 0 Å². The first-order valence-corrected chi connectivity index (χ1v) is 12.2. The van der Waals surface area contributed by atoms with Gasteiger partial charge in [-0.25, -0.2) is 17.6 Å². The van der Waals surface area contributed by atoms with Crippen molar-refractivity contribution in [3.63, 3.8) is 0 Å². The van der Waals surface area contributed by atoms with Crippen LogP contribution in [0.15, 0.2) is 93.9 Å². The molecule has 0 heterocycles. The topological polar surface area (TPSA) is 40.5 Å². The average molecular weight is 710 g/mol. The van der Waals surface area contributed by atoms with Crippen LogP contribution in [0.25, 0.3) is 11.1 Å². The monoisotopic (exact) mass is 708 g/mol. The quantitative estimate of drug-likeness (QED) is 0.101. The highest BCUT2D eigenvalue weighted by molar-refractivity contribution is 14.1. The van der Waals surface area contributed by atoms with Gasteiger partial charge in [-0.15, -0.1) is 0 Å². The van der Waals surface area contributed by atoms with E-state index in [1.807, 2.05) is 6.07 Å². The number of rotatable bonds is 2. The minimum absolute atomic E-state index is 0.167. The van der Waals surface area contributed by atoms with E-state index in [0.717, 1.165) is 9.64 Å². The number of benzene rings is 4. The molecule has 0 radical (unpaired) electrons. The third-order valence-corrected chi connectivity index (χ3v) is 6.06. The molecule has 10 heteroatoms. The minimum atomic E-state index is -1.59. The molecule has 4 aromatic carbocycles. The van der Waals surface area contributed by atoms with E-state index in [0.29, 0.717) is 20.1 Å². The Morgan fingerprint density at radius 2 is 1.15 bits per heavy atom. The predicted molar refractivity (Wildman–Crippen MR) is 143 cm³/mol. The summed E-state index contributed by atoms with van der Waals surface area (Å²) in [6.07, 6.45) is 0. The molecule has 0 saturated carbocycles. The lowest BCUT2D eigenvalue weighted by molar-refractivity contribution is 0.425. The second-order valence-electron chi connectivity index (χ2n) is 6.63. The lowest BCUT2D eigenvalue weighted by Crippen LogP contribution is -2.29. The molecule has 0 spiro atoms. The van der Waals surface area contributed by atoms with Crippen molar-refractivity contribution >= 4 is 67.0 Å². The third kappa shape index (κ3) is 9.49. The van der Waals surface area contributed by atoms with Gasteiger partial charge in [0, 0.05) is 3.57 Å². The molecular formula is C24H16BBr2F4IO2. The van der Waals surface area contributed by atoms with E-state index in [1.165, 1.54) is 42.5 Å².